The maximum atomic E-state index is 13.1. The maximum absolute atomic E-state index is 13.1. The van der Waals surface area contributed by atoms with Crippen LogP contribution in [0.1, 0.15) is 36.5 Å². The fourth-order valence-electron chi connectivity index (χ4n) is 4.79. The highest BCUT2D eigenvalue weighted by atomic mass is 35.5. The van der Waals surface area contributed by atoms with E-state index in [1.54, 1.807) is 18.3 Å². The summed E-state index contributed by atoms with van der Waals surface area (Å²) in [5, 5.41) is 5.58. The van der Waals surface area contributed by atoms with Crippen molar-refractivity contribution in [2.45, 2.75) is 25.2 Å². The van der Waals surface area contributed by atoms with Gasteiger partial charge in [-0.05, 0) is 66.9 Å². The first-order chi connectivity index (χ1) is 15.6. The normalized spacial score (nSPS) is 17.8. The quantitative estimate of drug-likeness (QED) is 0.339. The Morgan fingerprint density at radius 1 is 1.00 bits per heavy atom. The molecule has 0 saturated heterocycles. The van der Waals surface area contributed by atoms with Crippen LogP contribution in [0, 0.1) is 0 Å². The molecule has 0 amide bonds. The molecule has 0 spiro atoms. The lowest BCUT2D eigenvalue weighted by molar-refractivity contribution is -0.116. The van der Waals surface area contributed by atoms with E-state index >= 15 is 0 Å². The number of allylic oxidation sites excluding steroid dienone is 2. The number of aromatic nitrogens is 1. The summed E-state index contributed by atoms with van der Waals surface area (Å²) in [7, 11) is 0. The standard InChI is InChI=1S/C26H18Cl2N2O2/c27-17-8-6-14(13-18(17)28)22-10-11-23(32-22)24-16-7-9-19-15(3-2-12-29-19)26(16)30-20-4-1-5-21(31)25(20)24/h2-3,6-13,24,30H,1,4-5H2. The van der Waals surface area contributed by atoms with E-state index in [2.05, 4.69) is 22.4 Å². The predicted octanol–water partition coefficient (Wildman–Crippen LogP) is 7.37. The topological polar surface area (TPSA) is 55.1 Å². The number of benzene rings is 2. The molecular formula is C26H18Cl2N2O2. The van der Waals surface area contributed by atoms with Crippen LogP contribution in [-0.2, 0) is 4.79 Å². The molecule has 0 saturated carbocycles. The second-order valence-electron chi connectivity index (χ2n) is 8.16. The molecule has 4 nitrogen and oxygen atoms in total. The zero-order chi connectivity index (χ0) is 21.8. The summed E-state index contributed by atoms with van der Waals surface area (Å²) >= 11 is 12.3. The minimum Gasteiger partial charge on any atom is -0.460 e. The third-order valence-electron chi connectivity index (χ3n) is 6.26. The summed E-state index contributed by atoms with van der Waals surface area (Å²) in [5.74, 6) is 1.33. The number of ketones is 1. The van der Waals surface area contributed by atoms with Crippen molar-refractivity contribution < 1.29 is 9.21 Å². The molecule has 1 aliphatic carbocycles. The zero-order valence-corrected chi connectivity index (χ0v) is 18.5. The molecule has 2 aromatic heterocycles. The van der Waals surface area contributed by atoms with Gasteiger partial charge >= 0.3 is 0 Å². The van der Waals surface area contributed by atoms with Gasteiger partial charge < -0.3 is 9.73 Å². The van der Waals surface area contributed by atoms with Gasteiger partial charge in [-0.1, -0.05) is 29.3 Å². The molecule has 6 rings (SSSR count). The first-order valence-electron chi connectivity index (χ1n) is 10.6. The molecule has 1 unspecified atom stereocenters. The van der Waals surface area contributed by atoms with E-state index in [1.807, 2.05) is 30.3 Å². The largest absolute Gasteiger partial charge is 0.460 e. The molecule has 1 aliphatic heterocycles. The van der Waals surface area contributed by atoms with E-state index in [0.29, 0.717) is 22.2 Å². The highest BCUT2D eigenvalue weighted by molar-refractivity contribution is 6.42. The van der Waals surface area contributed by atoms with Gasteiger partial charge in [0.25, 0.3) is 0 Å². The molecule has 3 heterocycles. The second kappa shape index (κ2) is 7.51. The Morgan fingerprint density at radius 2 is 1.91 bits per heavy atom. The van der Waals surface area contributed by atoms with E-state index in [4.69, 9.17) is 27.6 Å². The van der Waals surface area contributed by atoms with Gasteiger partial charge in [0, 0.05) is 34.8 Å². The molecule has 2 aliphatic rings. The van der Waals surface area contributed by atoms with Crippen molar-refractivity contribution in [2.75, 3.05) is 5.32 Å². The second-order valence-corrected chi connectivity index (χ2v) is 8.97. The predicted molar refractivity (Wildman–Crippen MR) is 127 cm³/mol. The summed E-state index contributed by atoms with van der Waals surface area (Å²) in [5.41, 5.74) is 5.58. The number of anilines is 1. The first kappa shape index (κ1) is 19.6. The molecule has 1 N–H and O–H groups in total. The third-order valence-corrected chi connectivity index (χ3v) is 7.00. The Kier molecular flexibility index (Phi) is 4.60. The van der Waals surface area contributed by atoms with Crippen molar-refractivity contribution in [1.29, 1.82) is 0 Å². The van der Waals surface area contributed by atoms with Crippen LogP contribution in [0.4, 0.5) is 5.69 Å². The number of rotatable bonds is 2. The van der Waals surface area contributed by atoms with E-state index in [-0.39, 0.29) is 11.7 Å². The highest BCUT2D eigenvalue weighted by Crippen LogP contribution is 2.48. The number of carbonyl (C=O) groups is 1. The average molecular weight is 461 g/mol. The molecular weight excluding hydrogens is 443 g/mol. The van der Waals surface area contributed by atoms with E-state index in [0.717, 1.165) is 57.6 Å². The summed E-state index contributed by atoms with van der Waals surface area (Å²) in [6, 6.07) is 17.4. The van der Waals surface area contributed by atoms with Crippen LogP contribution in [0.3, 0.4) is 0 Å². The van der Waals surface area contributed by atoms with Gasteiger partial charge in [0.2, 0.25) is 0 Å². The number of Topliss-reactive ketones (excluding diaryl/α,β-unsaturated/α-hetero) is 1. The molecule has 1 atom stereocenters. The van der Waals surface area contributed by atoms with Crippen LogP contribution < -0.4 is 5.32 Å². The number of hydrogen-bond donors (Lipinski definition) is 1. The smallest absolute Gasteiger partial charge is 0.161 e. The Labute approximate surface area is 194 Å². The SMILES string of the molecule is O=C1CCCC2=C1C(c1ccc(-c3ccc(Cl)c(Cl)c3)o1)c1ccc3ncccc3c1N2. The van der Waals surface area contributed by atoms with Crippen LogP contribution in [0.15, 0.2) is 76.5 Å². The summed E-state index contributed by atoms with van der Waals surface area (Å²) in [6.07, 6.45) is 4.04. The molecule has 158 valence electrons. The Morgan fingerprint density at radius 3 is 2.78 bits per heavy atom. The average Bonchev–Trinajstić information content (AvgIpc) is 3.29. The molecule has 6 heteroatoms. The summed E-state index contributed by atoms with van der Waals surface area (Å²) in [4.78, 5) is 17.6. The Hall–Kier alpha value is -3.08. The van der Waals surface area contributed by atoms with Gasteiger partial charge in [0.1, 0.15) is 11.5 Å². The number of pyridine rings is 1. The maximum Gasteiger partial charge on any atom is 0.161 e. The minimum atomic E-state index is -0.268. The highest BCUT2D eigenvalue weighted by Gasteiger charge is 2.37. The summed E-state index contributed by atoms with van der Waals surface area (Å²) in [6.45, 7) is 0. The fraction of sp³-hybridized carbons (Fsp3) is 0.154. The number of carbonyl (C=O) groups excluding carboxylic acids is 1. The lowest BCUT2D eigenvalue weighted by Gasteiger charge is -2.33. The Balaban J connectivity index is 1.54. The molecule has 32 heavy (non-hydrogen) atoms. The lowest BCUT2D eigenvalue weighted by atomic mass is 9.77. The van der Waals surface area contributed by atoms with Gasteiger partial charge in [0.15, 0.2) is 5.78 Å². The third kappa shape index (κ3) is 3.06. The molecule has 2 aromatic carbocycles. The molecule has 0 fully saturated rings. The van der Waals surface area contributed by atoms with Crippen LogP contribution >= 0.6 is 23.2 Å². The molecule has 0 bridgehead atoms. The molecule has 0 radical (unpaired) electrons. The number of fused-ring (bicyclic) bond motifs is 3. The first-order valence-corrected chi connectivity index (χ1v) is 11.3. The monoisotopic (exact) mass is 460 g/mol. The van der Waals surface area contributed by atoms with Crippen molar-refractivity contribution in [1.82, 2.24) is 4.98 Å². The lowest BCUT2D eigenvalue weighted by Crippen LogP contribution is -2.26. The van der Waals surface area contributed by atoms with Gasteiger partial charge in [-0.3, -0.25) is 9.78 Å². The van der Waals surface area contributed by atoms with Crippen molar-refractivity contribution >= 4 is 45.6 Å². The van der Waals surface area contributed by atoms with Crippen molar-refractivity contribution in [3.05, 3.63) is 93.4 Å². The Bertz CT molecular complexity index is 1440. The van der Waals surface area contributed by atoms with E-state index in [9.17, 15) is 4.79 Å². The van der Waals surface area contributed by atoms with E-state index < -0.39 is 0 Å². The number of nitrogens with zero attached hydrogens (tertiary/aromatic N) is 1. The number of halogens is 2. The van der Waals surface area contributed by atoms with Gasteiger partial charge in [-0.2, -0.15) is 0 Å². The number of hydrogen-bond acceptors (Lipinski definition) is 4. The zero-order valence-electron chi connectivity index (χ0n) is 17.0. The van der Waals surface area contributed by atoms with Gasteiger partial charge in [-0.25, -0.2) is 0 Å². The van der Waals surface area contributed by atoms with E-state index in [1.165, 1.54) is 0 Å². The van der Waals surface area contributed by atoms with Crippen molar-refractivity contribution in [3.8, 4) is 11.3 Å². The van der Waals surface area contributed by atoms with Crippen molar-refractivity contribution in [3.63, 3.8) is 0 Å². The summed E-state index contributed by atoms with van der Waals surface area (Å²) < 4.78 is 6.34. The van der Waals surface area contributed by atoms with Crippen molar-refractivity contribution in [2.24, 2.45) is 0 Å². The number of furan rings is 1. The van der Waals surface area contributed by atoms with Gasteiger partial charge in [0.05, 0.1) is 27.2 Å². The van der Waals surface area contributed by atoms with Crippen LogP contribution in [0.25, 0.3) is 22.2 Å². The van der Waals surface area contributed by atoms with Crippen LogP contribution in [0.2, 0.25) is 10.0 Å². The minimum absolute atomic E-state index is 0.174. The van der Waals surface area contributed by atoms with Gasteiger partial charge in [-0.15, -0.1) is 0 Å². The van der Waals surface area contributed by atoms with Crippen LogP contribution in [0.5, 0.6) is 0 Å². The molecule has 4 aromatic rings. The van der Waals surface area contributed by atoms with Crippen LogP contribution in [-0.4, -0.2) is 10.8 Å². The number of nitrogens with one attached hydrogen (secondary N) is 1. The fourth-order valence-corrected chi connectivity index (χ4v) is 5.09.